The van der Waals surface area contributed by atoms with Gasteiger partial charge in [-0.25, -0.2) is 8.42 Å². The van der Waals surface area contributed by atoms with Crippen molar-refractivity contribution in [2.75, 3.05) is 18.6 Å². The van der Waals surface area contributed by atoms with E-state index in [1.54, 1.807) is 42.8 Å². The van der Waals surface area contributed by atoms with E-state index in [1.165, 1.54) is 7.11 Å². The van der Waals surface area contributed by atoms with Gasteiger partial charge in [-0.15, -0.1) is 0 Å². The molecule has 1 aliphatic rings. The van der Waals surface area contributed by atoms with Crippen LogP contribution in [-0.2, 0) is 19.4 Å². The second kappa shape index (κ2) is 8.09. The Morgan fingerprint density at radius 1 is 1.34 bits per heavy atom. The molecule has 0 amide bonds. The molecule has 10 heteroatoms. The second-order valence-corrected chi connectivity index (χ2v) is 10.3. The summed E-state index contributed by atoms with van der Waals surface area (Å²) >= 11 is 0. The third-order valence-corrected chi connectivity index (χ3v) is 7.75. The molecule has 2 aromatic heterocycles. The number of aryl methyl sites for hydroxylation is 1. The van der Waals surface area contributed by atoms with Gasteiger partial charge in [0.15, 0.2) is 15.6 Å². The quantitative estimate of drug-likeness (QED) is 0.575. The summed E-state index contributed by atoms with van der Waals surface area (Å²) in [6.45, 7) is 3.52. The van der Waals surface area contributed by atoms with Crippen molar-refractivity contribution < 1.29 is 27.5 Å². The molecule has 9 nitrogen and oxygen atoms in total. The highest BCUT2D eigenvalue weighted by Gasteiger charge is 2.35. The number of hydrogen-bond acceptors (Lipinski definition) is 8. The van der Waals surface area contributed by atoms with Gasteiger partial charge in [-0.05, 0) is 32.4 Å². The van der Waals surface area contributed by atoms with Gasteiger partial charge in [0.2, 0.25) is 11.2 Å². The third-order valence-electron chi connectivity index (χ3n) is 6.00. The van der Waals surface area contributed by atoms with Gasteiger partial charge in [0.25, 0.3) is 0 Å². The van der Waals surface area contributed by atoms with Crippen LogP contribution in [0.2, 0.25) is 0 Å². The van der Waals surface area contributed by atoms with Crippen LogP contribution in [0, 0.1) is 13.8 Å². The summed E-state index contributed by atoms with van der Waals surface area (Å²) in [4.78, 5) is 25.1. The molecule has 3 aromatic rings. The first kappa shape index (κ1) is 22.1. The molecule has 1 aromatic carbocycles. The lowest BCUT2D eigenvalue weighted by molar-refractivity contribution is -0.140. The molecule has 3 heterocycles. The van der Waals surface area contributed by atoms with Gasteiger partial charge in [-0.3, -0.25) is 14.3 Å². The van der Waals surface area contributed by atoms with Gasteiger partial charge in [0, 0.05) is 11.3 Å². The van der Waals surface area contributed by atoms with E-state index in [-0.39, 0.29) is 40.7 Å². The van der Waals surface area contributed by atoms with Crippen molar-refractivity contribution in [2.45, 2.75) is 38.6 Å². The third kappa shape index (κ3) is 3.79. The number of benzene rings is 1. The van der Waals surface area contributed by atoms with Gasteiger partial charge < -0.3 is 14.3 Å². The highest BCUT2D eigenvalue weighted by Crippen LogP contribution is 2.39. The predicted molar refractivity (Wildman–Crippen MR) is 117 cm³/mol. The summed E-state index contributed by atoms with van der Waals surface area (Å²) in [6, 6.07) is 6.22. The van der Waals surface area contributed by atoms with E-state index in [4.69, 9.17) is 9.15 Å². The van der Waals surface area contributed by atoms with Crippen LogP contribution in [0.25, 0.3) is 11.0 Å². The van der Waals surface area contributed by atoms with Crippen LogP contribution in [0.3, 0.4) is 0 Å². The molecule has 170 valence electrons. The summed E-state index contributed by atoms with van der Waals surface area (Å²) in [5, 5.41) is 15.5. The van der Waals surface area contributed by atoms with E-state index in [9.17, 15) is 23.1 Å². The first-order valence-corrected chi connectivity index (χ1v) is 12.0. The number of ether oxygens (including phenoxy) is 1. The van der Waals surface area contributed by atoms with E-state index < -0.39 is 32.9 Å². The maximum absolute atomic E-state index is 12.8. The number of carbonyl (C=O) groups is 1. The predicted octanol–water partition coefficient (Wildman–Crippen LogP) is 2.37. The van der Waals surface area contributed by atoms with Crippen LogP contribution in [0.4, 0.5) is 0 Å². The highest BCUT2D eigenvalue weighted by atomic mass is 32.2. The lowest BCUT2D eigenvalue weighted by Gasteiger charge is -2.18. The van der Waals surface area contributed by atoms with Gasteiger partial charge in [-0.2, -0.15) is 5.10 Å². The molecule has 2 atom stereocenters. The van der Waals surface area contributed by atoms with E-state index >= 15 is 0 Å². The fourth-order valence-electron chi connectivity index (χ4n) is 4.47. The molecule has 1 fully saturated rings. The molecule has 1 saturated heterocycles. The average Bonchev–Trinajstić information content (AvgIpc) is 3.27. The summed E-state index contributed by atoms with van der Waals surface area (Å²) in [5.74, 6) is -1.94. The van der Waals surface area contributed by atoms with Crippen LogP contribution in [0.5, 0.6) is 5.75 Å². The van der Waals surface area contributed by atoms with Crippen molar-refractivity contribution in [2.24, 2.45) is 0 Å². The number of fused-ring (bicyclic) bond motifs is 1. The Kier molecular flexibility index (Phi) is 5.58. The summed E-state index contributed by atoms with van der Waals surface area (Å²) in [7, 11) is -1.88. The van der Waals surface area contributed by atoms with Gasteiger partial charge in [0.1, 0.15) is 5.58 Å². The Labute approximate surface area is 184 Å². The van der Waals surface area contributed by atoms with E-state index in [0.717, 1.165) is 0 Å². The number of aromatic hydroxyl groups is 1. The summed E-state index contributed by atoms with van der Waals surface area (Å²) in [6.07, 6.45) is 0.253. The lowest BCUT2D eigenvalue weighted by atomic mass is 9.90. The molecule has 1 N–H and O–H groups in total. The number of nitrogens with zero attached hydrogens (tertiary/aromatic N) is 2. The fraction of sp³-hybridized carbons (Fsp3) is 0.409. The Morgan fingerprint density at radius 3 is 2.72 bits per heavy atom. The maximum atomic E-state index is 12.8. The highest BCUT2D eigenvalue weighted by molar-refractivity contribution is 7.91. The van der Waals surface area contributed by atoms with Crippen LogP contribution < -0.4 is 5.43 Å². The van der Waals surface area contributed by atoms with E-state index in [1.807, 2.05) is 0 Å². The number of rotatable bonds is 5. The molecule has 1 aliphatic heterocycles. The normalized spacial score (nSPS) is 18.7. The molecule has 0 bridgehead atoms. The second-order valence-electron chi connectivity index (χ2n) is 8.06. The zero-order valence-electron chi connectivity index (χ0n) is 18.0. The van der Waals surface area contributed by atoms with Crippen molar-refractivity contribution in [1.29, 1.82) is 0 Å². The van der Waals surface area contributed by atoms with Crippen molar-refractivity contribution in [1.82, 2.24) is 9.78 Å². The topological polar surface area (TPSA) is 129 Å². The molecule has 2 unspecified atom stereocenters. The van der Waals surface area contributed by atoms with Crippen LogP contribution in [0.15, 0.2) is 33.5 Å². The molecule has 0 aliphatic carbocycles. The molecule has 32 heavy (non-hydrogen) atoms. The number of esters is 1. The zero-order valence-corrected chi connectivity index (χ0v) is 18.8. The van der Waals surface area contributed by atoms with Crippen molar-refractivity contribution in [3.05, 3.63) is 57.2 Å². The van der Waals surface area contributed by atoms with E-state index in [2.05, 4.69) is 5.10 Å². The number of sulfone groups is 1. The van der Waals surface area contributed by atoms with E-state index in [0.29, 0.717) is 23.4 Å². The molecule has 0 saturated carbocycles. The Hall–Kier alpha value is -3.14. The van der Waals surface area contributed by atoms with Gasteiger partial charge in [-0.1, -0.05) is 12.1 Å². The van der Waals surface area contributed by atoms with Gasteiger partial charge >= 0.3 is 5.97 Å². The van der Waals surface area contributed by atoms with Crippen molar-refractivity contribution in [3.63, 3.8) is 0 Å². The molecule has 4 rings (SSSR count). The standard InChI is InChI=1S/C22H24N2O7S/c1-12-19(13(2)24(23-12)14-8-9-32(28,29)11-14)16(10-18(25)30-3)22-21(27)20(26)15-6-4-5-7-17(15)31-22/h4-7,14,16,27H,8-11H2,1-3H3. The monoisotopic (exact) mass is 460 g/mol. The number of aromatic nitrogens is 2. The molecular weight excluding hydrogens is 436 g/mol. The Bertz CT molecular complexity index is 1370. The lowest BCUT2D eigenvalue weighted by Crippen LogP contribution is -2.16. The minimum absolute atomic E-state index is 0.00756. The van der Waals surface area contributed by atoms with Crippen LogP contribution in [-0.4, -0.2) is 47.9 Å². The summed E-state index contributed by atoms with van der Waals surface area (Å²) < 4.78 is 36.4. The number of methoxy groups -OCH3 is 1. The summed E-state index contributed by atoms with van der Waals surface area (Å²) in [5.41, 5.74) is 1.48. The van der Waals surface area contributed by atoms with Crippen LogP contribution >= 0.6 is 0 Å². The SMILES string of the molecule is COC(=O)CC(c1oc2ccccc2c(=O)c1O)c1c(C)nn(C2CCS(=O)(=O)C2)c1C. The largest absolute Gasteiger partial charge is 0.502 e. The molecular formula is C22H24N2O7S. The van der Waals surface area contributed by atoms with Crippen LogP contribution in [0.1, 0.15) is 47.5 Å². The van der Waals surface area contributed by atoms with Gasteiger partial charge in [0.05, 0.1) is 48.1 Å². The van der Waals surface area contributed by atoms with Crippen molar-refractivity contribution in [3.8, 4) is 5.75 Å². The smallest absolute Gasteiger partial charge is 0.306 e. The molecule has 0 spiro atoms. The first-order chi connectivity index (χ1) is 15.1. The average molecular weight is 461 g/mol. The first-order valence-electron chi connectivity index (χ1n) is 10.2. The Morgan fingerprint density at radius 2 is 2.06 bits per heavy atom. The number of carbonyl (C=O) groups excluding carboxylic acids is 1. The maximum Gasteiger partial charge on any atom is 0.306 e. The minimum Gasteiger partial charge on any atom is -0.502 e. The zero-order chi connectivity index (χ0) is 23.2. The van der Waals surface area contributed by atoms with Crippen molar-refractivity contribution >= 4 is 26.8 Å². The number of para-hydroxylation sites is 1. The Balaban J connectivity index is 1.90. The number of hydrogen-bond donors (Lipinski definition) is 1. The molecule has 0 radical (unpaired) electrons. The fourth-order valence-corrected chi connectivity index (χ4v) is 6.16. The minimum atomic E-state index is -3.13.